The van der Waals surface area contributed by atoms with Gasteiger partial charge in [0.15, 0.2) is 0 Å². The van der Waals surface area contributed by atoms with Crippen LogP contribution in [0.5, 0.6) is 0 Å². The summed E-state index contributed by atoms with van der Waals surface area (Å²) in [5, 5.41) is 0. The van der Waals surface area contributed by atoms with Crippen LogP contribution in [0.25, 0.3) is 0 Å². The van der Waals surface area contributed by atoms with Gasteiger partial charge in [-0.05, 0) is 0 Å². The van der Waals surface area contributed by atoms with Crippen LogP contribution < -0.4 is 24.2 Å². The number of nitrogens with two attached hydrogens (primary N) is 1. The van der Waals surface area contributed by atoms with Gasteiger partial charge in [-0.1, -0.05) is 0 Å². The van der Waals surface area contributed by atoms with Crippen LogP contribution in [-0.2, 0) is 9.53 Å². The molecule has 0 amide bonds. The predicted molar refractivity (Wildman–Crippen MR) is 55.1 cm³/mol. The Morgan fingerprint density at radius 2 is 1.58 bits per heavy atom. The molecular formula is C4H20N4Na2O2. The van der Waals surface area contributed by atoms with Gasteiger partial charge in [-0.15, -0.1) is 0 Å². The zero-order chi connectivity index (χ0) is 5.70. The number of rotatable bonds is 2. The summed E-state index contributed by atoms with van der Waals surface area (Å²) in [4.78, 5) is 9.92. The van der Waals surface area contributed by atoms with Crippen LogP contribution in [0.3, 0.4) is 0 Å². The van der Waals surface area contributed by atoms with Gasteiger partial charge in [-0.2, -0.15) is 0 Å². The summed E-state index contributed by atoms with van der Waals surface area (Å²) in [5.41, 5.74) is 5.00. The number of ether oxygens (including phenoxy) is 1. The second-order valence-corrected chi connectivity index (χ2v) is 1.13. The van der Waals surface area contributed by atoms with E-state index in [0.717, 1.165) is 0 Å². The monoisotopic (exact) mass is 202 g/mol. The van der Waals surface area contributed by atoms with E-state index in [1.54, 1.807) is 0 Å². The van der Waals surface area contributed by atoms with Crippen molar-refractivity contribution in [2.75, 3.05) is 13.2 Å². The van der Waals surface area contributed by atoms with Gasteiger partial charge in [0.05, 0.1) is 0 Å². The SMILES string of the molecule is CC(=O)OCCN.N.N.N.[NaH].[NaH]. The van der Waals surface area contributed by atoms with E-state index in [0.29, 0.717) is 13.2 Å². The average molecular weight is 202 g/mol. The molecule has 0 saturated carbocycles. The Hall–Kier alpha value is 1.31. The molecule has 0 aromatic heterocycles. The molecule has 12 heavy (non-hydrogen) atoms. The topological polar surface area (TPSA) is 157 Å². The minimum atomic E-state index is -0.273. The Morgan fingerprint density at radius 1 is 1.25 bits per heavy atom. The Balaban J connectivity index is -0.0000000180. The first kappa shape index (κ1) is 37.7. The molecule has 11 N–H and O–H groups in total. The molecule has 0 fully saturated rings. The van der Waals surface area contributed by atoms with Crippen molar-refractivity contribution < 1.29 is 9.53 Å². The van der Waals surface area contributed by atoms with Crippen LogP contribution in [0.15, 0.2) is 0 Å². The number of esters is 1. The molecule has 0 aliphatic carbocycles. The first-order chi connectivity index (χ1) is 3.27. The fourth-order valence-corrected chi connectivity index (χ4v) is 0.203. The normalized spacial score (nSPS) is 4.83. The van der Waals surface area contributed by atoms with E-state index in [4.69, 9.17) is 5.73 Å². The van der Waals surface area contributed by atoms with E-state index in [-0.39, 0.29) is 83.5 Å². The third-order valence-electron chi connectivity index (χ3n) is 0.423. The Bertz CT molecular complexity index is 76.1. The molecule has 0 bridgehead atoms. The molecule has 0 aromatic carbocycles. The third kappa shape index (κ3) is 42.6. The summed E-state index contributed by atoms with van der Waals surface area (Å²) in [7, 11) is 0. The second kappa shape index (κ2) is 29.5. The van der Waals surface area contributed by atoms with E-state index in [1.807, 2.05) is 0 Å². The molecule has 0 spiro atoms. The fraction of sp³-hybridized carbons (Fsp3) is 0.750. The van der Waals surface area contributed by atoms with Crippen LogP contribution in [0, 0.1) is 0 Å². The molecule has 6 nitrogen and oxygen atoms in total. The van der Waals surface area contributed by atoms with Gasteiger partial charge < -0.3 is 28.9 Å². The minimum absolute atomic E-state index is 0. The van der Waals surface area contributed by atoms with Crippen LogP contribution in [0.4, 0.5) is 0 Å². The van der Waals surface area contributed by atoms with Crippen LogP contribution >= 0.6 is 0 Å². The second-order valence-electron chi connectivity index (χ2n) is 1.13. The van der Waals surface area contributed by atoms with Crippen molar-refractivity contribution in [2.45, 2.75) is 6.92 Å². The average Bonchev–Trinajstić information content (AvgIpc) is 1.61. The molecule has 0 aromatic rings. The Morgan fingerprint density at radius 3 is 1.67 bits per heavy atom. The maximum absolute atomic E-state index is 9.92. The van der Waals surface area contributed by atoms with Crippen LogP contribution in [-0.4, -0.2) is 78.2 Å². The van der Waals surface area contributed by atoms with Gasteiger partial charge in [0.25, 0.3) is 0 Å². The zero-order valence-electron chi connectivity index (χ0n) is 6.43. The van der Waals surface area contributed by atoms with Crippen LogP contribution in [0.1, 0.15) is 6.92 Å². The Labute approximate surface area is 118 Å². The summed E-state index contributed by atoms with van der Waals surface area (Å²) >= 11 is 0. The number of carbonyl (C=O) groups is 1. The van der Waals surface area contributed by atoms with E-state index < -0.39 is 0 Å². The van der Waals surface area contributed by atoms with Crippen molar-refractivity contribution >= 4 is 65.1 Å². The maximum atomic E-state index is 9.92. The van der Waals surface area contributed by atoms with Gasteiger partial charge in [0, 0.05) is 13.5 Å². The van der Waals surface area contributed by atoms with Crippen molar-refractivity contribution in [3.05, 3.63) is 0 Å². The summed E-state index contributed by atoms with van der Waals surface area (Å²) in [6.07, 6.45) is 0. The molecule has 70 valence electrons. The summed E-state index contributed by atoms with van der Waals surface area (Å²) in [6.45, 7) is 2.09. The van der Waals surface area contributed by atoms with E-state index in [2.05, 4.69) is 4.74 Å². The van der Waals surface area contributed by atoms with Crippen molar-refractivity contribution in [1.82, 2.24) is 18.5 Å². The zero-order valence-corrected chi connectivity index (χ0v) is 6.43. The van der Waals surface area contributed by atoms with Crippen molar-refractivity contribution in [3.8, 4) is 0 Å². The number of hydrogen-bond acceptors (Lipinski definition) is 6. The quantitative estimate of drug-likeness (QED) is 0.321. The van der Waals surface area contributed by atoms with Gasteiger partial charge in [-0.25, -0.2) is 0 Å². The van der Waals surface area contributed by atoms with Crippen molar-refractivity contribution in [3.63, 3.8) is 0 Å². The third-order valence-corrected chi connectivity index (χ3v) is 0.423. The molecule has 0 saturated heterocycles. The first-order valence-corrected chi connectivity index (χ1v) is 2.11. The molecule has 0 radical (unpaired) electrons. The summed E-state index contributed by atoms with van der Waals surface area (Å²) in [5.74, 6) is -0.273. The first-order valence-electron chi connectivity index (χ1n) is 2.11. The van der Waals surface area contributed by atoms with Gasteiger partial charge in [0.1, 0.15) is 6.61 Å². The Kier molecular flexibility index (Phi) is 92.7. The standard InChI is InChI=1S/C4H9NO2.3H3N.2Na.2H/c1-4(6)7-3-2-5;;;;;;;/h2-3,5H2,1H3;3*1H3;;;;. The number of carbonyl (C=O) groups excluding carboxylic acids is 1. The predicted octanol–water partition coefficient (Wildman–Crippen LogP) is -1.30. The fourth-order valence-electron chi connectivity index (χ4n) is 0.203. The molecule has 8 heteroatoms. The molecule has 0 aliphatic rings. The van der Waals surface area contributed by atoms with E-state index >= 15 is 0 Å². The summed E-state index contributed by atoms with van der Waals surface area (Å²) in [6, 6.07) is 0. The van der Waals surface area contributed by atoms with Gasteiger partial charge >= 0.3 is 65.1 Å². The van der Waals surface area contributed by atoms with Crippen LogP contribution in [0.2, 0.25) is 0 Å². The molecule has 0 unspecified atom stereocenters. The molecule has 0 heterocycles. The molecule has 0 atom stereocenters. The molecule has 0 aliphatic heterocycles. The van der Waals surface area contributed by atoms with Crippen molar-refractivity contribution in [1.29, 1.82) is 0 Å². The van der Waals surface area contributed by atoms with E-state index in [1.165, 1.54) is 6.92 Å². The molecular weight excluding hydrogens is 182 g/mol. The summed E-state index contributed by atoms with van der Waals surface area (Å²) < 4.78 is 4.43. The van der Waals surface area contributed by atoms with E-state index in [9.17, 15) is 4.79 Å². The number of hydrogen-bond donors (Lipinski definition) is 4. The van der Waals surface area contributed by atoms with Gasteiger partial charge in [0.2, 0.25) is 0 Å². The van der Waals surface area contributed by atoms with Crippen molar-refractivity contribution in [2.24, 2.45) is 5.73 Å². The van der Waals surface area contributed by atoms with Gasteiger partial charge in [-0.3, -0.25) is 4.79 Å². The molecule has 0 rings (SSSR count).